The van der Waals surface area contributed by atoms with Gasteiger partial charge in [0.05, 0.1) is 0 Å². The molecule has 10 nitrogen and oxygen atoms in total. The Bertz CT molecular complexity index is 1610. The van der Waals surface area contributed by atoms with E-state index >= 15 is 0 Å². The zero-order valence-electron chi connectivity index (χ0n) is 24.5. The van der Waals surface area contributed by atoms with Crippen LogP contribution in [-0.4, -0.2) is 40.7 Å². The first-order valence-electron chi connectivity index (χ1n) is 15.1. The predicted molar refractivity (Wildman–Crippen MR) is 160 cm³/mol. The van der Waals surface area contributed by atoms with Crippen molar-refractivity contribution in [1.82, 2.24) is 34.6 Å². The molecule has 6 rings (SSSR count). The molecule has 2 N–H and O–H groups in total. The molecule has 0 radical (unpaired) electrons. The standard InChI is InChI=1S/C31H40N8O2/c1-5-7-20-10-12-21(13-11-20)17-39-25-26(33-19(4)22-8-6-9-22)34-28(29-37-31(40)41-38-29)35-27(25)36-30(39)24-16-23(18(2)3)14-15-32-24/h10,14-16,18-19,21-22H,5-9,11-13,17H2,1-4H3,(H,33,34,35)(H,37,38,40). The molecule has 2 aliphatic carbocycles. The van der Waals surface area contributed by atoms with Crippen molar-refractivity contribution in [2.75, 3.05) is 5.32 Å². The minimum Gasteiger partial charge on any atom is -0.365 e. The fourth-order valence-corrected chi connectivity index (χ4v) is 6.06. The van der Waals surface area contributed by atoms with Gasteiger partial charge in [0.15, 0.2) is 17.3 Å². The maximum absolute atomic E-state index is 11.8. The molecule has 0 aromatic carbocycles. The monoisotopic (exact) mass is 556 g/mol. The molecule has 1 fully saturated rings. The number of allylic oxidation sites excluding steroid dienone is 2. The van der Waals surface area contributed by atoms with Gasteiger partial charge in [0.25, 0.3) is 0 Å². The second kappa shape index (κ2) is 11.6. The maximum atomic E-state index is 11.8. The van der Waals surface area contributed by atoms with Crippen LogP contribution in [0.2, 0.25) is 0 Å². The van der Waals surface area contributed by atoms with Crippen molar-refractivity contribution >= 4 is 17.0 Å². The smallest absolute Gasteiger partial charge is 0.365 e. The lowest BCUT2D eigenvalue weighted by atomic mass is 9.80. The summed E-state index contributed by atoms with van der Waals surface area (Å²) in [6.45, 7) is 9.63. The molecule has 4 aromatic heterocycles. The predicted octanol–water partition coefficient (Wildman–Crippen LogP) is 6.48. The van der Waals surface area contributed by atoms with Crippen LogP contribution < -0.4 is 11.1 Å². The van der Waals surface area contributed by atoms with E-state index in [1.54, 1.807) is 5.57 Å². The Hall–Kier alpha value is -3.82. The molecule has 10 heteroatoms. The number of rotatable bonds is 10. The zero-order valence-corrected chi connectivity index (χ0v) is 24.5. The molecule has 0 saturated heterocycles. The van der Waals surface area contributed by atoms with Gasteiger partial charge < -0.3 is 9.88 Å². The van der Waals surface area contributed by atoms with Crippen LogP contribution in [0.5, 0.6) is 0 Å². The van der Waals surface area contributed by atoms with E-state index in [0.717, 1.165) is 42.8 Å². The first-order valence-corrected chi connectivity index (χ1v) is 15.1. The highest BCUT2D eigenvalue weighted by Crippen LogP contribution is 2.36. The van der Waals surface area contributed by atoms with Gasteiger partial charge in [-0.3, -0.25) is 14.5 Å². The van der Waals surface area contributed by atoms with Crippen molar-refractivity contribution in [3.05, 3.63) is 46.1 Å². The molecule has 216 valence electrons. The number of fused-ring (bicyclic) bond motifs is 1. The van der Waals surface area contributed by atoms with E-state index in [4.69, 9.17) is 24.5 Å². The molecule has 0 bridgehead atoms. The van der Waals surface area contributed by atoms with Crippen LogP contribution in [0.25, 0.3) is 34.3 Å². The van der Waals surface area contributed by atoms with Gasteiger partial charge in [-0.2, -0.15) is 0 Å². The van der Waals surface area contributed by atoms with E-state index in [-0.39, 0.29) is 17.7 Å². The van der Waals surface area contributed by atoms with Gasteiger partial charge in [-0.05, 0) is 80.9 Å². The summed E-state index contributed by atoms with van der Waals surface area (Å²) in [5, 5.41) is 7.57. The Labute approximate surface area is 240 Å². The first-order chi connectivity index (χ1) is 19.9. The van der Waals surface area contributed by atoms with Crippen LogP contribution in [0.4, 0.5) is 5.82 Å². The summed E-state index contributed by atoms with van der Waals surface area (Å²) in [5.74, 6) is 2.74. The Kier molecular flexibility index (Phi) is 7.73. The second-order valence-electron chi connectivity index (χ2n) is 12.1. The van der Waals surface area contributed by atoms with Crippen LogP contribution in [0.15, 0.2) is 39.3 Å². The summed E-state index contributed by atoms with van der Waals surface area (Å²) in [7, 11) is 0. The summed E-state index contributed by atoms with van der Waals surface area (Å²) >= 11 is 0. The van der Waals surface area contributed by atoms with Gasteiger partial charge in [0.2, 0.25) is 11.6 Å². The zero-order chi connectivity index (χ0) is 28.5. The van der Waals surface area contributed by atoms with Crippen LogP contribution in [0.1, 0.15) is 90.5 Å². The van der Waals surface area contributed by atoms with Crippen LogP contribution in [0, 0.1) is 11.8 Å². The Morgan fingerprint density at radius 3 is 2.68 bits per heavy atom. The van der Waals surface area contributed by atoms with E-state index in [9.17, 15) is 4.79 Å². The summed E-state index contributed by atoms with van der Waals surface area (Å²) < 4.78 is 7.05. The van der Waals surface area contributed by atoms with Gasteiger partial charge in [-0.15, -0.1) is 0 Å². The van der Waals surface area contributed by atoms with E-state index in [0.29, 0.717) is 29.2 Å². The average molecular weight is 557 g/mol. The third-order valence-electron chi connectivity index (χ3n) is 8.78. The topological polar surface area (TPSA) is 127 Å². The molecule has 2 atom stereocenters. The number of anilines is 1. The van der Waals surface area contributed by atoms with Crippen LogP contribution in [0.3, 0.4) is 0 Å². The number of aromatic nitrogens is 7. The van der Waals surface area contributed by atoms with E-state index < -0.39 is 5.76 Å². The fraction of sp³-hybridized carbons (Fsp3) is 0.548. The average Bonchev–Trinajstić information content (AvgIpc) is 3.52. The normalized spacial score (nSPS) is 18.5. The van der Waals surface area contributed by atoms with E-state index in [1.807, 2.05) is 6.20 Å². The number of hydrogen-bond acceptors (Lipinski definition) is 8. The van der Waals surface area contributed by atoms with Crippen molar-refractivity contribution in [3.63, 3.8) is 0 Å². The van der Waals surface area contributed by atoms with E-state index in [1.165, 1.54) is 37.7 Å². The van der Waals surface area contributed by atoms with Crippen molar-refractivity contribution in [2.45, 2.75) is 97.6 Å². The molecule has 0 amide bonds. The number of aromatic amines is 1. The van der Waals surface area contributed by atoms with Crippen molar-refractivity contribution in [1.29, 1.82) is 0 Å². The van der Waals surface area contributed by atoms with Gasteiger partial charge in [0.1, 0.15) is 11.2 Å². The number of nitrogens with zero attached hydrogens (tertiary/aromatic N) is 6. The number of imidazole rings is 1. The summed E-state index contributed by atoms with van der Waals surface area (Å²) in [6.07, 6.45) is 13.7. The van der Waals surface area contributed by atoms with Gasteiger partial charge in [0, 0.05) is 18.8 Å². The lowest BCUT2D eigenvalue weighted by molar-refractivity contribution is 0.285. The second-order valence-corrected chi connectivity index (χ2v) is 12.1. The minimum atomic E-state index is -0.644. The highest BCUT2D eigenvalue weighted by molar-refractivity contribution is 5.88. The SMILES string of the molecule is CCCC1=CCC(Cn2c(-c3cc(C(C)C)ccn3)nc3nc(-c4noc(=O)[nH]4)nc(NC(C)C4CCC4)c32)CC1. The Morgan fingerprint density at radius 1 is 1.17 bits per heavy atom. The molecular formula is C31H40N8O2. The number of pyridine rings is 1. The molecule has 2 unspecified atom stereocenters. The van der Waals surface area contributed by atoms with Gasteiger partial charge in [-0.25, -0.2) is 19.7 Å². The number of hydrogen-bond donors (Lipinski definition) is 2. The third-order valence-corrected chi connectivity index (χ3v) is 8.78. The van der Waals surface area contributed by atoms with Crippen molar-refractivity contribution < 1.29 is 4.52 Å². The number of nitrogens with one attached hydrogen (secondary N) is 2. The largest absolute Gasteiger partial charge is 0.439 e. The molecule has 1 saturated carbocycles. The third kappa shape index (κ3) is 5.69. The Balaban J connectivity index is 1.50. The highest BCUT2D eigenvalue weighted by atomic mass is 16.5. The lowest BCUT2D eigenvalue weighted by Gasteiger charge is -2.32. The number of H-pyrrole nitrogens is 1. The maximum Gasteiger partial charge on any atom is 0.439 e. The van der Waals surface area contributed by atoms with Crippen LogP contribution >= 0.6 is 0 Å². The summed E-state index contributed by atoms with van der Waals surface area (Å²) in [5.41, 5.74) is 5.02. The summed E-state index contributed by atoms with van der Waals surface area (Å²) in [4.78, 5) is 33.9. The van der Waals surface area contributed by atoms with Crippen LogP contribution in [-0.2, 0) is 6.54 Å². The highest BCUT2D eigenvalue weighted by Gasteiger charge is 2.28. The molecule has 0 spiro atoms. The van der Waals surface area contributed by atoms with Gasteiger partial charge in [-0.1, -0.05) is 50.4 Å². The summed E-state index contributed by atoms with van der Waals surface area (Å²) in [6, 6.07) is 4.43. The fourth-order valence-electron chi connectivity index (χ4n) is 6.06. The molecule has 4 heterocycles. The molecule has 41 heavy (non-hydrogen) atoms. The minimum absolute atomic E-state index is 0.188. The lowest BCUT2D eigenvalue weighted by Crippen LogP contribution is -2.31. The first kappa shape index (κ1) is 27.4. The van der Waals surface area contributed by atoms with Crippen molar-refractivity contribution in [3.8, 4) is 23.2 Å². The quantitative estimate of drug-likeness (QED) is 0.212. The molecule has 0 aliphatic heterocycles. The Morgan fingerprint density at radius 2 is 2.02 bits per heavy atom. The molecular weight excluding hydrogens is 516 g/mol. The molecule has 2 aliphatic rings. The van der Waals surface area contributed by atoms with Gasteiger partial charge >= 0.3 is 5.76 Å². The van der Waals surface area contributed by atoms with Crippen molar-refractivity contribution in [2.24, 2.45) is 11.8 Å². The molecule has 4 aromatic rings. The van der Waals surface area contributed by atoms with E-state index in [2.05, 4.69) is 65.9 Å².